The molecule has 1 unspecified atom stereocenters. The summed E-state index contributed by atoms with van der Waals surface area (Å²) < 4.78 is 41.5. The molecular weight excluding hydrogens is 755 g/mol. The van der Waals surface area contributed by atoms with Crippen molar-refractivity contribution in [1.29, 1.82) is 0 Å². The van der Waals surface area contributed by atoms with E-state index in [9.17, 15) is 19.8 Å². The minimum absolute atomic E-state index is 0.0267. The summed E-state index contributed by atoms with van der Waals surface area (Å²) in [6, 6.07) is 3.71. The van der Waals surface area contributed by atoms with Gasteiger partial charge in [-0.2, -0.15) is 11.8 Å². The molecule has 14 nitrogen and oxygen atoms in total. The molecule has 6 rings (SSSR count). The summed E-state index contributed by atoms with van der Waals surface area (Å²) >= 11 is 1.67. The van der Waals surface area contributed by atoms with Crippen LogP contribution in [0, 0.1) is 20.8 Å². The van der Waals surface area contributed by atoms with Crippen molar-refractivity contribution >= 4 is 23.7 Å². The number of hydrogen-bond acceptors (Lipinski definition) is 15. The van der Waals surface area contributed by atoms with Gasteiger partial charge in [-0.3, -0.25) is 9.69 Å². The third kappa shape index (κ3) is 8.31. The second-order valence-corrected chi connectivity index (χ2v) is 15.4. The second-order valence-electron chi connectivity index (χ2n) is 14.5. The highest BCUT2D eigenvalue weighted by atomic mass is 32.2. The molecule has 0 aromatic heterocycles. The standard InChI is InChI=1S/C42H55N3O11S/c1-22-16-27-10-9-13-45(30(20-57-8)36(43-5)34(27)37(48)38(22)51-7)29(33-23(2)39(56-25(4)47)24(3)40-41(33)55-21-54-40)19-53-42(49)35-28-18-31(50-6)32(52-15-14-46)17-26(28)11-12-44-35/h16-18,29-30,35-36,43-44,46,48H,9-15,19-21H2,1-8H3/t29-,30?,35+,36-/m0/s1. The number of thioether (sulfide) groups is 1. The van der Waals surface area contributed by atoms with Crippen LogP contribution < -0.4 is 39.1 Å². The molecule has 0 bridgehead atoms. The summed E-state index contributed by atoms with van der Waals surface area (Å²) in [5.41, 5.74) is 6.29. The molecule has 0 amide bonds. The number of methoxy groups -OCH3 is 2. The summed E-state index contributed by atoms with van der Waals surface area (Å²) in [4.78, 5) is 29.2. The maximum atomic E-state index is 14.4. The van der Waals surface area contributed by atoms with Crippen LogP contribution in [0.5, 0.6) is 40.2 Å². The number of aliphatic hydroxyl groups excluding tert-OH is 1. The molecule has 0 spiro atoms. The topological polar surface area (TPSA) is 167 Å². The lowest BCUT2D eigenvalue weighted by Gasteiger charge is -2.44. The number of nitrogens with zero attached hydrogens (tertiary/aromatic N) is 1. The normalized spacial score (nSPS) is 19.4. The van der Waals surface area contributed by atoms with Gasteiger partial charge in [0.25, 0.3) is 0 Å². The van der Waals surface area contributed by atoms with Crippen molar-refractivity contribution in [2.45, 2.75) is 71.1 Å². The van der Waals surface area contributed by atoms with Gasteiger partial charge in [0.05, 0.1) is 32.9 Å². The predicted octanol–water partition coefficient (Wildman–Crippen LogP) is 4.77. The van der Waals surface area contributed by atoms with E-state index in [1.54, 1.807) is 24.9 Å². The van der Waals surface area contributed by atoms with Crippen LogP contribution in [0.2, 0.25) is 0 Å². The van der Waals surface area contributed by atoms with Gasteiger partial charge in [-0.1, -0.05) is 6.07 Å². The van der Waals surface area contributed by atoms with Gasteiger partial charge in [0, 0.05) is 47.5 Å². The number of phenolic OH excluding ortho intramolecular Hbond substituents is 1. The van der Waals surface area contributed by atoms with Crippen LogP contribution in [-0.2, 0) is 27.2 Å². The van der Waals surface area contributed by atoms with Gasteiger partial charge in [-0.15, -0.1) is 0 Å². The van der Waals surface area contributed by atoms with Gasteiger partial charge < -0.3 is 54.0 Å². The van der Waals surface area contributed by atoms with E-state index in [4.69, 9.17) is 33.2 Å². The van der Waals surface area contributed by atoms with Gasteiger partial charge in [0.1, 0.15) is 25.0 Å². The van der Waals surface area contributed by atoms with E-state index < -0.39 is 24.0 Å². The fraction of sp³-hybridized carbons (Fsp3) is 0.524. The number of aliphatic hydroxyl groups is 1. The number of aromatic hydroxyl groups is 1. The van der Waals surface area contributed by atoms with Crippen molar-refractivity contribution in [1.82, 2.24) is 15.5 Å². The van der Waals surface area contributed by atoms with E-state index in [2.05, 4.69) is 21.6 Å². The molecule has 0 radical (unpaired) electrons. The molecule has 4 N–H and O–H groups in total. The number of nitrogens with one attached hydrogen (secondary N) is 2. The Morgan fingerprint density at radius 1 is 1.04 bits per heavy atom. The average molecular weight is 810 g/mol. The molecule has 3 aromatic carbocycles. The van der Waals surface area contributed by atoms with E-state index in [0.29, 0.717) is 82.9 Å². The lowest BCUT2D eigenvalue weighted by molar-refractivity contribution is -0.149. The van der Waals surface area contributed by atoms with Gasteiger partial charge in [-0.05, 0) is 94.3 Å². The first-order valence-corrected chi connectivity index (χ1v) is 20.7. The predicted molar refractivity (Wildman–Crippen MR) is 215 cm³/mol. The van der Waals surface area contributed by atoms with Gasteiger partial charge >= 0.3 is 11.9 Å². The van der Waals surface area contributed by atoms with Crippen molar-refractivity contribution in [2.75, 3.05) is 73.0 Å². The van der Waals surface area contributed by atoms with E-state index in [-0.39, 0.29) is 44.4 Å². The van der Waals surface area contributed by atoms with E-state index in [0.717, 1.165) is 34.2 Å². The van der Waals surface area contributed by atoms with Crippen LogP contribution >= 0.6 is 11.8 Å². The van der Waals surface area contributed by atoms with Crippen LogP contribution in [-0.4, -0.2) is 106 Å². The highest BCUT2D eigenvalue weighted by Crippen LogP contribution is 2.51. The number of esters is 2. The Kier molecular flexibility index (Phi) is 13.7. The van der Waals surface area contributed by atoms with Crippen LogP contribution in [0.25, 0.3) is 0 Å². The fourth-order valence-electron chi connectivity index (χ4n) is 8.69. The van der Waals surface area contributed by atoms with E-state index in [1.807, 2.05) is 40.1 Å². The first kappa shape index (κ1) is 42.2. The van der Waals surface area contributed by atoms with Crippen molar-refractivity contribution in [2.24, 2.45) is 0 Å². The van der Waals surface area contributed by atoms with Crippen LogP contribution in [0.4, 0.5) is 0 Å². The molecule has 3 aliphatic heterocycles. The summed E-state index contributed by atoms with van der Waals surface area (Å²) in [7, 11) is 4.97. The zero-order chi connectivity index (χ0) is 41.0. The molecule has 0 saturated carbocycles. The Labute approximate surface area is 338 Å². The van der Waals surface area contributed by atoms with E-state index >= 15 is 0 Å². The summed E-state index contributed by atoms with van der Waals surface area (Å²) in [5.74, 6) is 2.50. The van der Waals surface area contributed by atoms with Crippen molar-refractivity contribution in [3.8, 4) is 40.2 Å². The van der Waals surface area contributed by atoms with Gasteiger partial charge in [0.2, 0.25) is 6.79 Å². The molecule has 3 heterocycles. The average Bonchev–Trinajstić information content (AvgIpc) is 3.68. The first-order chi connectivity index (χ1) is 27.5. The molecule has 3 aromatic rings. The number of aryl methyl sites for hydroxylation is 2. The minimum Gasteiger partial charge on any atom is -0.504 e. The molecule has 0 fully saturated rings. The monoisotopic (exact) mass is 809 g/mol. The molecular formula is C42H55N3O11S. The molecule has 3 aliphatic rings. The van der Waals surface area contributed by atoms with Crippen LogP contribution in [0.3, 0.4) is 0 Å². The van der Waals surface area contributed by atoms with Gasteiger partial charge in [-0.25, -0.2) is 4.79 Å². The highest BCUT2D eigenvalue weighted by molar-refractivity contribution is 7.98. The third-order valence-electron chi connectivity index (χ3n) is 11.1. The Morgan fingerprint density at radius 3 is 2.49 bits per heavy atom. The number of benzene rings is 3. The lowest BCUT2D eigenvalue weighted by atomic mass is 9.85. The second kappa shape index (κ2) is 18.5. The molecule has 15 heteroatoms. The van der Waals surface area contributed by atoms with E-state index in [1.165, 1.54) is 14.0 Å². The maximum Gasteiger partial charge on any atom is 0.327 e. The zero-order valence-corrected chi connectivity index (χ0v) is 34.9. The lowest BCUT2D eigenvalue weighted by Crippen LogP contribution is -2.50. The quantitative estimate of drug-likeness (QED) is 0.130. The molecule has 57 heavy (non-hydrogen) atoms. The summed E-state index contributed by atoms with van der Waals surface area (Å²) in [6.45, 7) is 7.99. The molecule has 4 atom stereocenters. The largest absolute Gasteiger partial charge is 0.504 e. The number of rotatable bonds is 14. The molecule has 0 saturated heterocycles. The number of fused-ring (bicyclic) bond motifs is 3. The van der Waals surface area contributed by atoms with Crippen molar-refractivity contribution in [3.63, 3.8) is 0 Å². The number of ether oxygens (including phenoxy) is 7. The number of carbonyl (C=O) groups excluding carboxylic acids is 2. The molecule has 0 aliphatic carbocycles. The zero-order valence-electron chi connectivity index (χ0n) is 34.0. The molecule has 310 valence electrons. The third-order valence-corrected chi connectivity index (χ3v) is 11.8. The van der Waals surface area contributed by atoms with Crippen LogP contribution in [0.1, 0.15) is 76.0 Å². The van der Waals surface area contributed by atoms with Gasteiger partial charge in [0.15, 0.2) is 34.5 Å². The SMILES string of the molecule is CN[C@@H]1c2c(cc(C)c(OC)c2O)CCCN([C@@H](COC(=O)[C@@H]2NCCc3cc(OCCO)c(OC)cc32)c2c(C)c(OC(C)=O)c(C)c3c2OCO3)C1CSC. The number of phenols is 1. The Hall–Kier alpha value is -4.41. The Balaban J connectivity index is 1.47. The number of hydrogen-bond donors (Lipinski definition) is 4. The van der Waals surface area contributed by atoms with Crippen molar-refractivity contribution < 1.29 is 53.0 Å². The summed E-state index contributed by atoms with van der Waals surface area (Å²) in [6.07, 6.45) is 4.10. The van der Waals surface area contributed by atoms with Crippen LogP contribution in [0.15, 0.2) is 18.2 Å². The first-order valence-electron chi connectivity index (χ1n) is 19.3. The van der Waals surface area contributed by atoms with Crippen molar-refractivity contribution in [3.05, 3.63) is 62.7 Å². The number of carbonyl (C=O) groups is 2. The Bertz CT molecular complexity index is 1970. The Morgan fingerprint density at radius 2 is 1.81 bits per heavy atom. The maximum absolute atomic E-state index is 14.4. The smallest absolute Gasteiger partial charge is 0.327 e. The minimum atomic E-state index is -0.796. The summed E-state index contributed by atoms with van der Waals surface area (Å²) in [5, 5.41) is 28.0. The fourth-order valence-corrected chi connectivity index (χ4v) is 9.41. The highest BCUT2D eigenvalue weighted by Gasteiger charge is 2.42. The number of likely N-dealkylation sites (N-methyl/N-ethyl adjacent to an activating group) is 1.